The van der Waals surface area contributed by atoms with Gasteiger partial charge in [-0.1, -0.05) is 50.1 Å². The van der Waals surface area contributed by atoms with Crippen LogP contribution in [0.15, 0.2) is 51.3 Å². The zero-order chi connectivity index (χ0) is 21.3. The van der Waals surface area contributed by atoms with Crippen LogP contribution in [0.5, 0.6) is 0 Å². The number of nitrogens with zero attached hydrogens (tertiary/aromatic N) is 1. The van der Waals surface area contributed by atoms with Gasteiger partial charge in [-0.2, -0.15) is 0 Å². The predicted octanol–water partition coefficient (Wildman–Crippen LogP) is 5.42. The highest BCUT2D eigenvalue weighted by molar-refractivity contribution is 8.00. The summed E-state index contributed by atoms with van der Waals surface area (Å²) in [5.41, 5.74) is 1.42. The maximum atomic E-state index is 12.9. The Labute approximate surface area is 186 Å². The quantitative estimate of drug-likeness (QED) is 0.503. The topological polar surface area (TPSA) is 79.3 Å². The number of benzene rings is 1. The standard InChI is InChI=1S/C23H28N2O3S2/c1-2-14-29-23-19(22(28)24-17-6-4-3-5-7-17)12-13-20(25-23)30-18-10-8-16(9-11-18)15-21(26)27/h8-13,17H,2-7,14-15H2,1H3,(H,24,28)(H,26,27). The Hall–Kier alpha value is -1.99. The first-order valence-electron chi connectivity index (χ1n) is 10.5. The molecule has 0 radical (unpaired) electrons. The number of hydrogen-bond donors (Lipinski definition) is 2. The number of aliphatic carboxylic acids is 1. The molecule has 2 N–H and O–H groups in total. The summed E-state index contributed by atoms with van der Waals surface area (Å²) >= 11 is 3.14. The number of thioether (sulfide) groups is 1. The zero-order valence-corrected chi connectivity index (χ0v) is 18.9. The van der Waals surface area contributed by atoms with E-state index in [0.717, 1.165) is 45.5 Å². The Kier molecular flexibility index (Phi) is 8.63. The summed E-state index contributed by atoms with van der Waals surface area (Å²) in [5.74, 6) is 0.0497. The van der Waals surface area contributed by atoms with Gasteiger partial charge in [0, 0.05) is 10.9 Å². The van der Waals surface area contributed by atoms with Crippen molar-refractivity contribution < 1.29 is 14.7 Å². The van der Waals surface area contributed by atoms with Crippen molar-refractivity contribution in [2.75, 3.05) is 5.75 Å². The summed E-state index contributed by atoms with van der Waals surface area (Å²) < 4.78 is 0. The van der Waals surface area contributed by atoms with E-state index >= 15 is 0 Å². The minimum absolute atomic E-state index is 0.0196. The van der Waals surface area contributed by atoms with Gasteiger partial charge in [0.1, 0.15) is 10.1 Å². The average molecular weight is 445 g/mol. The van der Waals surface area contributed by atoms with E-state index in [2.05, 4.69) is 12.2 Å². The molecule has 1 saturated carbocycles. The number of carboxylic acid groups (broad SMARTS) is 1. The van der Waals surface area contributed by atoms with Crippen LogP contribution in [0.2, 0.25) is 0 Å². The lowest BCUT2D eigenvalue weighted by Crippen LogP contribution is -2.36. The molecule has 1 aliphatic carbocycles. The second kappa shape index (κ2) is 11.4. The predicted molar refractivity (Wildman–Crippen MR) is 121 cm³/mol. The Morgan fingerprint density at radius 3 is 2.50 bits per heavy atom. The molecule has 30 heavy (non-hydrogen) atoms. The number of aromatic nitrogens is 1. The first-order chi connectivity index (χ1) is 14.5. The normalized spacial score (nSPS) is 14.4. The van der Waals surface area contributed by atoms with Crippen molar-refractivity contribution in [2.24, 2.45) is 0 Å². The van der Waals surface area contributed by atoms with Gasteiger partial charge in [-0.25, -0.2) is 4.98 Å². The molecule has 1 amide bonds. The van der Waals surface area contributed by atoms with Gasteiger partial charge in [-0.05, 0) is 54.8 Å². The largest absolute Gasteiger partial charge is 0.481 e. The summed E-state index contributed by atoms with van der Waals surface area (Å²) in [5, 5.41) is 13.7. The summed E-state index contributed by atoms with van der Waals surface area (Å²) in [7, 11) is 0. The van der Waals surface area contributed by atoms with E-state index in [-0.39, 0.29) is 18.4 Å². The average Bonchev–Trinajstić information content (AvgIpc) is 2.74. The van der Waals surface area contributed by atoms with Crippen LogP contribution in [0.4, 0.5) is 0 Å². The lowest BCUT2D eigenvalue weighted by atomic mass is 9.95. The van der Waals surface area contributed by atoms with Gasteiger partial charge in [-0.15, -0.1) is 11.8 Å². The molecule has 1 heterocycles. The molecule has 160 valence electrons. The van der Waals surface area contributed by atoms with Gasteiger partial charge in [0.15, 0.2) is 0 Å². The van der Waals surface area contributed by atoms with Crippen molar-refractivity contribution in [1.29, 1.82) is 0 Å². The minimum Gasteiger partial charge on any atom is -0.481 e. The van der Waals surface area contributed by atoms with E-state index in [9.17, 15) is 9.59 Å². The smallest absolute Gasteiger partial charge is 0.307 e. The van der Waals surface area contributed by atoms with Crippen LogP contribution in [-0.4, -0.2) is 33.8 Å². The van der Waals surface area contributed by atoms with E-state index in [0.29, 0.717) is 5.56 Å². The second-order valence-electron chi connectivity index (χ2n) is 7.48. The van der Waals surface area contributed by atoms with E-state index in [1.807, 2.05) is 36.4 Å². The summed E-state index contributed by atoms with van der Waals surface area (Å²) in [6.45, 7) is 2.12. The SMILES string of the molecule is CCCSc1nc(Sc2ccc(CC(=O)O)cc2)ccc1C(=O)NC1CCCCC1. The van der Waals surface area contributed by atoms with Gasteiger partial charge in [0.25, 0.3) is 5.91 Å². The van der Waals surface area contributed by atoms with E-state index in [4.69, 9.17) is 10.1 Å². The van der Waals surface area contributed by atoms with Gasteiger partial charge >= 0.3 is 5.97 Å². The molecule has 3 rings (SSSR count). The number of carboxylic acids is 1. The minimum atomic E-state index is -0.836. The molecule has 0 spiro atoms. The van der Waals surface area contributed by atoms with E-state index in [1.165, 1.54) is 31.0 Å². The summed E-state index contributed by atoms with van der Waals surface area (Å²) in [6.07, 6.45) is 6.77. The fraction of sp³-hybridized carbons (Fsp3) is 0.435. The van der Waals surface area contributed by atoms with Gasteiger partial charge < -0.3 is 10.4 Å². The fourth-order valence-electron chi connectivity index (χ4n) is 3.44. The van der Waals surface area contributed by atoms with Crippen LogP contribution < -0.4 is 5.32 Å². The Balaban J connectivity index is 1.72. The molecule has 1 aromatic heterocycles. The molecule has 0 saturated heterocycles. The third-order valence-corrected chi connectivity index (χ3v) is 7.11. The molecule has 0 bridgehead atoms. The lowest BCUT2D eigenvalue weighted by molar-refractivity contribution is -0.136. The fourth-order valence-corrected chi connectivity index (χ4v) is 5.16. The molecule has 2 aromatic rings. The van der Waals surface area contributed by atoms with Gasteiger partial charge in [-0.3, -0.25) is 9.59 Å². The molecular formula is C23H28N2O3S2. The van der Waals surface area contributed by atoms with Gasteiger partial charge in [0.2, 0.25) is 0 Å². The van der Waals surface area contributed by atoms with Crippen molar-refractivity contribution in [1.82, 2.24) is 10.3 Å². The molecule has 0 aliphatic heterocycles. The summed E-state index contributed by atoms with van der Waals surface area (Å²) in [6, 6.07) is 11.5. The third-order valence-electron chi connectivity index (χ3n) is 4.96. The van der Waals surface area contributed by atoms with Crippen molar-refractivity contribution in [3.8, 4) is 0 Å². The molecule has 1 fully saturated rings. The molecule has 5 nitrogen and oxygen atoms in total. The monoisotopic (exact) mass is 444 g/mol. The first kappa shape index (κ1) is 22.7. The van der Waals surface area contributed by atoms with Gasteiger partial charge in [0.05, 0.1) is 12.0 Å². The second-order valence-corrected chi connectivity index (χ2v) is 9.65. The van der Waals surface area contributed by atoms with Crippen molar-refractivity contribution >= 4 is 35.4 Å². The number of nitrogens with one attached hydrogen (secondary N) is 1. The number of amides is 1. The third kappa shape index (κ3) is 6.77. The van der Waals surface area contributed by atoms with E-state index in [1.54, 1.807) is 11.8 Å². The highest BCUT2D eigenvalue weighted by atomic mass is 32.2. The lowest BCUT2D eigenvalue weighted by Gasteiger charge is -2.23. The molecule has 0 unspecified atom stereocenters. The number of carbonyl (C=O) groups excluding carboxylic acids is 1. The zero-order valence-electron chi connectivity index (χ0n) is 17.2. The number of rotatable bonds is 9. The number of pyridine rings is 1. The maximum absolute atomic E-state index is 12.9. The van der Waals surface area contributed by atoms with Crippen molar-refractivity contribution in [3.63, 3.8) is 0 Å². The highest BCUT2D eigenvalue weighted by Gasteiger charge is 2.20. The number of carbonyl (C=O) groups is 2. The highest BCUT2D eigenvalue weighted by Crippen LogP contribution is 2.30. The Morgan fingerprint density at radius 2 is 1.83 bits per heavy atom. The van der Waals surface area contributed by atoms with Crippen LogP contribution in [0.1, 0.15) is 61.4 Å². The molecular weight excluding hydrogens is 416 g/mol. The maximum Gasteiger partial charge on any atom is 0.307 e. The van der Waals surface area contributed by atoms with Crippen LogP contribution in [0, 0.1) is 0 Å². The van der Waals surface area contributed by atoms with Crippen LogP contribution in [0.25, 0.3) is 0 Å². The number of hydrogen-bond acceptors (Lipinski definition) is 5. The Bertz CT molecular complexity index is 865. The summed E-state index contributed by atoms with van der Waals surface area (Å²) in [4.78, 5) is 29.5. The Morgan fingerprint density at radius 1 is 1.10 bits per heavy atom. The van der Waals surface area contributed by atoms with Crippen LogP contribution in [-0.2, 0) is 11.2 Å². The first-order valence-corrected chi connectivity index (χ1v) is 12.3. The molecule has 1 aliphatic rings. The van der Waals surface area contributed by atoms with E-state index < -0.39 is 5.97 Å². The molecule has 1 aromatic carbocycles. The molecule has 7 heteroatoms. The van der Waals surface area contributed by atoms with Crippen LogP contribution in [0.3, 0.4) is 0 Å². The van der Waals surface area contributed by atoms with Crippen LogP contribution >= 0.6 is 23.5 Å². The molecule has 0 atom stereocenters. The van der Waals surface area contributed by atoms with Crippen molar-refractivity contribution in [2.45, 2.75) is 72.9 Å². The van der Waals surface area contributed by atoms with Crippen molar-refractivity contribution in [3.05, 3.63) is 47.5 Å².